The van der Waals surface area contributed by atoms with Crippen molar-refractivity contribution in [2.45, 2.75) is 11.3 Å². The fraction of sp³-hybridized carbons (Fsp3) is 0.417. The van der Waals surface area contributed by atoms with E-state index in [-0.39, 0.29) is 30.3 Å². The molecule has 0 aliphatic rings. The lowest BCUT2D eigenvalue weighted by molar-refractivity contribution is -0.137. The van der Waals surface area contributed by atoms with Crippen LogP contribution < -0.4 is 4.72 Å². The second-order valence-corrected chi connectivity index (χ2v) is 5.92. The van der Waals surface area contributed by atoms with Gasteiger partial charge in [-0.1, -0.05) is 18.2 Å². The van der Waals surface area contributed by atoms with E-state index in [0.717, 1.165) is 0 Å². The lowest BCUT2D eigenvalue weighted by atomic mass is 10.4. The normalized spacial score (nSPS) is 11.1. The number of carbonyl (C=O) groups is 1. The summed E-state index contributed by atoms with van der Waals surface area (Å²) in [5.41, 5.74) is 0. The maximum atomic E-state index is 11.9. The first-order valence-corrected chi connectivity index (χ1v) is 7.35. The maximum Gasteiger partial charge on any atom is 0.304 e. The Kier molecular flexibility index (Phi) is 8.40. The van der Waals surface area contributed by atoms with Crippen LogP contribution in [0.2, 0.25) is 0 Å². The lowest BCUT2D eigenvalue weighted by Gasteiger charge is -2.15. The zero-order chi connectivity index (χ0) is 14.3. The van der Waals surface area contributed by atoms with E-state index >= 15 is 0 Å². The van der Waals surface area contributed by atoms with Crippen LogP contribution in [-0.4, -0.2) is 51.1 Å². The van der Waals surface area contributed by atoms with Crippen LogP contribution in [0.3, 0.4) is 0 Å². The molecule has 0 bridgehead atoms. The van der Waals surface area contributed by atoms with Gasteiger partial charge in [-0.05, 0) is 19.2 Å². The number of rotatable bonds is 8. The van der Waals surface area contributed by atoms with E-state index in [4.69, 9.17) is 5.11 Å². The molecule has 0 spiro atoms. The molecule has 0 heterocycles. The molecule has 1 aromatic carbocycles. The summed E-state index contributed by atoms with van der Waals surface area (Å²) in [6.45, 7) is 1.09. The Morgan fingerprint density at radius 3 is 2.40 bits per heavy atom. The van der Waals surface area contributed by atoms with E-state index in [9.17, 15) is 13.2 Å². The van der Waals surface area contributed by atoms with Crippen molar-refractivity contribution in [3.63, 3.8) is 0 Å². The molecule has 0 saturated heterocycles. The van der Waals surface area contributed by atoms with Crippen molar-refractivity contribution in [3.05, 3.63) is 30.3 Å². The van der Waals surface area contributed by atoms with Gasteiger partial charge in [0.25, 0.3) is 0 Å². The first-order valence-electron chi connectivity index (χ1n) is 5.87. The number of likely N-dealkylation sites (N-methyl/N-ethyl adjacent to an activating group) is 1. The molecule has 8 heteroatoms. The molecule has 0 fully saturated rings. The standard InChI is InChI=1S/C12H18N2O4S.ClH/c1-14(9-7-12(15)16)10-8-13-19(17,18)11-5-3-2-4-6-11;/h2-6,13H,7-10H2,1H3,(H,15,16);1H. The minimum Gasteiger partial charge on any atom is -0.481 e. The number of nitrogens with one attached hydrogen (secondary N) is 1. The van der Waals surface area contributed by atoms with Gasteiger partial charge in [0, 0.05) is 19.6 Å². The van der Waals surface area contributed by atoms with E-state index in [1.54, 1.807) is 30.1 Å². The Bertz CT molecular complexity index is 507. The van der Waals surface area contributed by atoms with Gasteiger partial charge >= 0.3 is 5.97 Å². The fourth-order valence-corrected chi connectivity index (χ4v) is 2.49. The third-order valence-electron chi connectivity index (χ3n) is 2.55. The van der Waals surface area contributed by atoms with E-state index in [1.165, 1.54) is 12.1 Å². The summed E-state index contributed by atoms with van der Waals surface area (Å²) >= 11 is 0. The van der Waals surface area contributed by atoms with Gasteiger partial charge in [-0.2, -0.15) is 0 Å². The van der Waals surface area contributed by atoms with Gasteiger partial charge in [0.1, 0.15) is 0 Å². The van der Waals surface area contributed by atoms with E-state index in [0.29, 0.717) is 13.1 Å². The molecule has 0 radical (unpaired) electrons. The molecule has 0 aromatic heterocycles. The van der Waals surface area contributed by atoms with E-state index in [1.807, 2.05) is 0 Å². The highest BCUT2D eigenvalue weighted by Crippen LogP contribution is 2.06. The van der Waals surface area contributed by atoms with Crippen molar-refractivity contribution in [2.75, 3.05) is 26.7 Å². The van der Waals surface area contributed by atoms with Crippen LogP contribution in [-0.2, 0) is 14.8 Å². The summed E-state index contributed by atoms with van der Waals surface area (Å²) in [5.74, 6) is -0.864. The molecule has 0 saturated carbocycles. The van der Waals surface area contributed by atoms with Crippen LogP contribution >= 0.6 is 12.4 Å². The second kappa shape index (κ2) is 8.91. The highest BCUT2D eigenvalue weighted by molar-refractivity contribution is 7.89. The van der Waals surface area contributed by atoms with Gasteiger partial charge in [-0.3, -0.25) is 4.79 Å². The predicted octanol–water partition coefficient (Wildman–Crippen LogP) is 0.793. The van der Waals surface area contributed by atoms with Crippen molar-refractivity contribution in [1.29, 1.82) is 0 Å². The summed E-state index contributed by atoms with van der Waals surface area (Å²) in [4.78, 5) is 12.4. The van der Waals surface area contributed by atoms with Crippen LogP contribution in [0, 0.1) is 0 Å². The van der Waals surface area contributed by atoms with Gasteiger partial charge in [-0.15, -0.1) is 12.4 Å². The zero-order valence-electron chi connectivity index (χ0n) is 11.2. The minimum atomic E-state index is -3.48. The molecule has 0 aliphatic carbocycles. The molecule has 1 aromatic rings. The molecule has 0 unspecified atom stereocenters. The third kappa shape index (κ3) is 6.85. The molecule has 0 atom stereocenters. The van der Waals surface area contributed by atoms with Gasteiger partial charge in [0.05, 0.1) is 11.3 Å². The monoisotopic (exact) mass is 322 g/mol. The third-order valence-corrected chi connectivity index (χ3v) is 4.02. The van der Waals surface area contributed by atoms with E-state index in [2.05, 4.69) is 4.72 Å². The summed E-state index contributed by atoms with van der Waals surface area (Å²) < 4.78 is 26.2. The fourth-order valence-electron chi connectivity index (χ4n) is 1.45. The van der Waals surface area contributed by atoms with E-state index < -0.39 is 16.0 Å². The summed E-state index contributed by atoms with van der Waals surface area (Å²) in [6, 6.07) is 8.12. The molecule has 0 amide bonds. The number of hydrogen-bond acceptors (Lipinski definition) is 4. The Morgan fingerprint density at radius 2 is 1.85 bits per heavy atom. The Labute approximate surface area is 125 Å². The van der Waals surface area contributed by atoms with Crippen LogP contribution in [0.25, 0.3) is 0 Å². The second-order valence-electron chi connectivity index (χ2n) is 4.16. The molecular formula is C12H19ClN2O4S. The van der Waals surface area contributed by atoms with Crippen molar-refractivity contribution in [2.24, 2.45) is 0 Å². The van der Waals surface area contributed by atoms with Crippen molar-refractivity contribution >= 4 is 28.4 Å². The molecular weight excluding hydrogens is 304 g/mol. The number of carboxylic acids is 1. The number of aliphatic carboxylic acids is 1. The number of nitrogens with zero attached hydrogens (tertiary/aromatic N) is 1. The van der Waals surface area contributed by atoms with Crippen LogP contribution in [0.4, 0.5) is 0 Å². The highest BCUT2D eigenvalue weighted by atomic mass is 35.5. The Hall–Kier alpha value is -1.15. The lowest BCUT2D eigenvalue weighted by Crippen LogP contribution is -2.33. The maximum absolute atomic E-state index is 11.9. The Balaban J connectivity index is 0.00000361. The smallest absolute Gasteiger partial charge is 0.304 e. The highest BCUT2D eigenvalue weighted by Gasteiger charge is 2.12. The van der Waals surface area contributed by atoms with Crippen molar-refractivity contribution in [1.82, 2.24) is 9.62 Å². The quantitative estimate of drug-likeness (QED) is 0.739. The van der Waals surface area contributed by atoms with Crippen LogP contribution in [0.15, 0.2) is 35.2 Å². The number of hydrogen-bond donors (Lipinski definition) is 2. The molecule has 114 valence electrons. The van der Waals surface area contributed by atoms with Gasteiger partial charge in [-0.25, -0.2) is 13.1 Å². The average molecular weight is 323 g/mol. The number of halogens is 1. The molecule has 6 nitrogen and oxygen atoms in total. The summed E-state index contributed by atoms with van der Waals surface area (Å²) in [6.07, 6.45) is 0.0436. The van der Waals surface area contributed by atoms with Gasteiger partial charge in [0.15, 0.2) is 0 Å². The molecule has 0 aliphatic heterocycles. The van der Waals surface area contributed by atoms with Gasteiger partial charge < -0.3 is 10.0 Å². The summed E-state index contributed by atoms with van der Waals surface area (Å²) in [5, 5.41) is 8.53. The minimum absolute atomic E-state index is 0. The SMILES string of the molecule is CN(CCNS(=O)(=O)c1ccccc1)CCC(=O)O.Cl. The topological polar surface area (TPSA) is 86.7 Å². The first-order chi connectivity index (χ1) is 8.92. The number of benzene rings is 1. The molecule has 1 rings (SSSR count). The number of sulfonamides is 1. The largest absolute Gasteiger partial charge is 0.481 e. The zero-order valence-corrected chi connectivity index (χ0v) is 12.8. The Morgan fingerprint density at radius 1 is 1.25 bits per heavy atom. The number of carboxylic acid groups (broad SMARTS) is 1. The predicted molar refractivity (Wildman–Crippen MR) is 78.6 cm³/mol. The molecule has 20 heavy (non-hydrogen) atoms. The first kappa shape index (κ1) is 18.9. The summed E-state index contributed by atoms with van der Waals surface area (Å²) in [7, 11) is -1.73. The van der Waals surface area contributed by atoms with Crippen LogP contribution in [0.1, 0.15) is 6.42 Å². The van der Waals surface area contributed by atoms with Gasteiger partial charge in [0.2, 0.25) is 10.0 Å². The average Bonchev–Trinajstić information content (AvgIpc) is 2.37. The van der Waals surface area contributed by atoms with Crippen molar-refractivity contribution in [3.8, 4) is 0 Å². The molecule has 2 N–H and O–H groups in total. The van der Waals surface area contributed by atoms with Crippen LogP contribution in [0.5, 0.6) is 0 Å². The van der Waals surface area contributed by atoms with Crippen molar-refractivity contribution < 1.29 is 18.3 Å².